The number of amides is 1. The first kappa shape index (κ1) is 17.2. The number of carbonyl (C=O) groups excluding carboxylic acids is 1. The molecule has 3 N–H and O–H groups in total. The first-order chi connectivity index (χ1) is 13.1. The third kappa shape index (κ3) is 3.52. The van der Waals surface area contributed by atoms with Crippen molar-refractivity contribution in [3.8, 4) is 11.6 Å². The van der Waals surface area contributed by atoms with Crippen molar-refractivity contribution in [2.75, 3.05) is 11.2 Å². The standard InChI is InChI=1S/C19H17N5O2S/c1-12(27-19-23-22-17(24(19)20)16-7-4-10-26-16)18(25)21-15-9-8-13-5-2-3-6-14(13)11-15/h2-12H,20H2,1H3,(H,21,25). The second-order valence-electron chi connectivity index (χ2n) is 5.96. The summed E-state index contributed by atoms with van der Waals surface area (Å²) in [6, 6.07) is 17.3. The molecule has 136 valence electrons. The number of benzene rings is 2. The molecule has 1 atom stereocenters. The summed E-state index contributed by atoms with van der Waals surface area (Å²) in [5, 5.41) is 13.2. The van der Waals surface area contributed by atoms with Crippen molar-refractivity contribution in [2.24, 2.45) is 0 Å². The second-order valence-corrected chi connectivity index (χ2v) is 7.27. The molecule has 0 bridgehead atoms. The van der Waals surface area contributed by atoms with Crippen LogP contribution < -0.4 is 11.2 Å². The molecule has 2 aromatic heterocycles. The number of fused-ring (bicyclic) bond motifs is 1. The second kappa shape index (κ2) is 7.16. The summed E-state index contributed by atoms with van der Waals surface area (Å²) in [6.07, 6.45) is 1.54. The van der Waals surface area contributed by atoms with Crippen molar-refractivity contribution in [2.45, 2.75) is 17.3 Å². The van der Waals surface area contributed by atoms with Crippen LogP contribution >= 0.6 is 11.8 Å². The largest absolute Gasteiger partial charge is 0.461 e. The van der Waals surface area contributed by atoms with E-state index in [1.165, 1.54) is 22.7 Å². The monoisotopic (exact) mass is 379 g/mol. The highest BCUT2D eigenvalue weighted by Gasteiger charge is 2.21. The SMILES string of the molecule is CC(Sc1nnc(-c2ccco2)n1N)C(=O)Nc1ccc2ccccc2c1. The van der Waals surface area contributed by atoms with Crippen molar-refractivity contribution < 1.29 is 9.21 Å². The van der Waals surface area contributed by atoms with Crippen LogP contribution in [0.5, 0.6) is 0 Å². The number of nitrogens with one attached hydrogen (secondary N) is 1. The number of anilines is 1. The number of rotatable bonds is 5. The Morgan fingerprint density at radius 3 is 2.74 bits per heavy atom. The molecule has 2 heterocycles. The molecule has 0 aliphatic rings. The van der Waals surface area contributed by atoms with Crippen molar-refractivity contribution in [1.82, 2.24) is 14.9 Å². The van der Waals surface area contributed by atoms with Crippen LogP contribution in [-0.2, 0) is 4.79 Å². The molecule has 1 amide bonds. The van der Waals surface area contributed by atoms with Crippen LogP contribution in [0.15, 0.2) is 70.4 Å². The minimum Gasteiger partial charge on any atom is -0.461 e. The number of nitrogen functional groups attached to an aromatic ring is 1. The van der Waals surface area contributed by atoms with E-state index in [2.05, 4.69) is 15.5 Å². The van der Waals surface area contributed by atoms with Gasteiger partial charge in [-0.2, -0.15) is 0 Å². The molecule has 27 heavy (non-hydrogen) atoms. The van der Waals surface area contributed by atoms with Gasteiger partial charge in [-0.05, 0) is 42.0 Å². The van der Waals surface area contributed by atoms with Gasteiger partial charge in [0.2, 0.25) is 16.9 Å². The lowest BCUT2D eigenvalue weighted by molar-refractivity contribution is -0.115. The van der Waals surface area contributed by atoms with Gasteiger partial charge in [-0.3, -0.25) is 4.79 Å². The number of hydrogen-bond acceptors (Lipinski definition) is 6. The molecule has 0 saturated heterocycles. The van der Waals surface area contributed by atoms with Crippen LogP contribution in [0.4, 0.5) is 5.69 Å². The highest BCUT2D eigenvalue weighted by molar-refractivity contribution is 8.00. The number of thioether (sulfide) groups is 1. The van der Waals surface area contributed by atoms with Gasteiger partial charge in [-0.25, -0.2) is 4.68 Å². The fourth-order valence-electron chi connectivity index (χ4n) is 2.65. The van der Waals surface area contributed by atoms with Gasteiger partial charge in [0.25, 0.3) is 0 Å². The van der Waals surface area contributed by atoms with Crippen molar-refractivity contribution in [1.29, 1.82) is 0 Å². The van der Waals surface area contributed by atoms with E-state index in [0.717, 1.165) is 16.5 Å². The summed E-state index contributed by atoms with van der Waals surface area (Å²) in [6.45, 7) is 1.79. The summed E-state index contributed by atoms with van der Waals surface area (Å²) in [5.74, 6) is 6.82. The molecule has 1 unspecified atom stereocenters. The molecule has 0 aliphatic carbocycles. The highest BCUT2D eigenvalue weighted by Crippen LogP contribution is 2.26. The van der Waals surface area contributed by atoms with E-state index in [1.54, 1.807) is 19.1 Å². The zero-order valence-corrected chi connectivity index (χ0v) is 15.3. The smallest absolute Gasteiger partial charge is 0.237 e. The summed E-state index contributed by atoms with van der Waals surface area (Å²) in [7, 11) is 0. The van der Waals surface area contributed by atoms with E-state index < -0.39 is 5.25 Å². The van der Waals surface area contributed by atoms with Gasteiger partial charge in [0.05, 0.1) is 11.5 Å². The molecule has 0 aliphatic heterocycles. The topological polar surface area (TPSA) is 99.0 Å². The number of carbonyl (C=O) groups is 1. The lowest BCUT2D eigenvalue weighted by Crippen LogP contribution is -2.23. The first-order valence-corrected chi connectivity index (χ1v) is 9.20. The highest BCUT2D eigenvalue weighted by atomic mass is 32.2. The summed E-state index contributed by atoms with van der Waals surface area (Å²) in [5.41, 5.74) is 0.747. The van der Waals surface area contributed by atoms with Gasteiger partial charge in [0.15, 0.2) is 5.76 Å². The zero-order valence-electron chi connectivity index (χ0n) is 14.5. The van der Waals surface area contributed by atoms with Crippen molar-refractivity contribution in [3.63, 3.8) is 0 Å². The minimum atomic E-state index is -0.410. The summed E-state index contributed by atoms with van der Waals surface area (Å²) < 4.78 is 6.61. The van der Waals surface area contributed by atoms with E-state index in [9.17, 15) is 4.79 Å². The average molecular weight is 379 g/mol. The number of aromatic nitrogens is 3. The average Bonchev–Trinajstić information content (AvgIpc) is 3.32. The Balaban J connectivity index is 1.46. The normalized spacial score (nSPS) is 12.2. The lowest BCUT2D eigenvalue weighted by atomic mass is 10.1. The van der Waals surface area contributed by atoms with Crippen LogP contribution in [0, 0.1) is 0 Å². The van der Waals surface area contributed by atoms with E-state index in [0.29, 0.717) is 16.7 Å². The molecule has 0 saturated carbocycles. The van der Waals surface area contributed by atoms with Gasteiger partial charge in [0.1, 0.15) is 0 Å². The minimum absolute atomic E-state index is 0.141. The van der Waals surface area contributed by atoms with Crippen molar-refractivity contribution in [3.05, 3.63) is 60.9 Å². The van der Waals surface area contributed by atoms with Gasteiger partial charge < -0.3 is 15.6 Å². The quantitative estimate of drug-likeness (QED) is 0.407. The molecular weight excluding hydrogens is 362 g/mol. The van der Waals surface area contributed by atoms with Crippen LogP contribution in [0.25, 0.3) is 22.4 Å². The third-order valence-corrected chi connectivity index (χ3v) is 5.13. The maximum atomic E-state index is 12.6. The molecule has 0 radical (unpaired) electrons. The number of furan rings is 1. The molecule has 0 fully saturated rings. The van der Waals surface area contributed by atoms with Crippen LogP contribution in [-0.4, -0.2) is 26.0 Å². The Labute approximate surface area is 159 Å². The maximum Gasteiger partial charge on any atom is 0.237 e. The molecule has 8 heteroatoms. The van der Waals surface area contributed by atoms with Crippen LogP contribution in [0.3, 0.4) is 0 Å². The Morgan fingerprint density at radius 1 is 1.15 bits per heavy atom. The summed E-state index contributed by atoms with van der Waals surface area (Å²) in [4.78, 5) is 12.6. The summed E-state index contributed by atoms with van der Waals surface area (Å²) >= 11 is 1.23. The number of nitrogens with zero attached hydrogens (tertiary/aromatic N) is 3. The Bertz CT molecular complexity index is 1090. The van der Waals surface area contributed by atoms with E-state index in [4.69, 9.17) is 10.3 Å². The van der Waals surface area contributed by atoms with Crippen LogP contribution in [0.1, 0.15) is 6.92 Å². The molecule has 4 rings (SSSR count). The Kier molecular flexibility index (Phi) is 4.55. The van der Waals surface area contributed by atoms with Gasteiger partial charge >= 0.3 is 0 Å². The van der Waals surface area contributed by atoms with E-state index in [-0.39, 0.29) is 5.91 Å². The maximum absolute atomic E-state index is 12.6. The molecule has 0 spiro atoms. The van der Waals surface area contributed by atoms with Gasteiger partial charge in [0, 0.05) is 5.69 Å². The predicted molar refractivity (Wildman–Crippen MR) is 106 cm³/mol. The fraction of sp³-hybridized carbons (Fsp3) is 0.105. The van der Waals surface area contributed by atoms with E-state index >= 15 is 0 Å². The zero-order chi connectivity index (χ0) is 18.8. The lowest BCUT2D eigenvalue weighted by Gasteiger charge is -2.12. The van der Waals surface area contributed by atoms with Gasteiger partial charge in [-0.15, -0.1) is 10.2 Å². The van der Waals surface area contributed by atoms with Crippen LogP contribution in [0.2, 0.25) is 0 Å². The Morgan fingerprint density at radius 2 is 1.96 bits per heavy atom. The molecular formula is C19H17N5O2S. The molecule has 2 aromatic carbocycles. The molecule has 7 nitrogen and oxygen atoms in total. The first-order valence-electron chi connectivity index (χ1n) is 8.32. The Hall–Kier alpha value is -3.26. The molecule has 4 aromatic rings. The van der Waals surface area contributed by atoms with Crippen molar-refractivity contribution >= 4 is 34.1 Å². The van der Waals surface area contributed by atoms with E-state index in [1.807, 2.05) is 42.5 Å². The fourth-order valence-corrected chi connectivity index (χ4v) is 3.42. The number of hydrogen-bond donors (Lipinski definition) is 2. The third-order valence-electron chi connectivity index (χ3n) is 4.07. The predicted octanol–water partition coefficient (Wildman–Crippen LogP) is 3.52. The number of nitrogens with two attached hydrogens (primary N) is 1. The van der Waals surface area contributed by atoms with Gasteiger partial charge in [-0.1, -0.05) is 42.1 Å².